The van der Waals surface area contributed by atoms with Crippen LogP contribution in [0.2, 0.25) is 0 Å². The van der Waals surface area contributed by atoms with Crippen LogP contribution in [0, 0.1) is 5.92 Å². The molecule has 0 unspecified atom stereocenters. The molecule has 2 aliphatic rings. The van der Waals surface area contributed by atoms with Crippen molar-refractivity contribution in [2.75, 3.05) is 13.1 Å². The normalized spacial score (nSPS) is 21.6. The molecule has 112 valence electrons. The van der Waals surface area contributed by atoms with Crippen molar-refractivity contribution in [2.45, 2.75) is 52.1 Å². The molecule has 3 rings (SSSR count). The van der Waals surface area contributed by atoms with Gasteiger partial charge >= 0.3 is 0 Å². The van der Waals surface area contributed by atoms with Gasteiger partial charge in [0.1, 0.15) is 0 Å². The number of hydrogen-bond acceptors (Lipinski definition) is 2. The number of fused-ring (bicyclic) bond motifs is 2. The van der Waals surface area contributed by atoms with Crippen LogP contribution in [0.5, 0.6) is 0 Å². The zero-order chi connectivity index (χ0) is 14.8. The third kappa shape index (κ3) is 3.07. The molecule has 0 amide bonds. The lowest BCUT2D eigenvalue weighted by Crippen LogP contribution is -2.33. The van der Waals surface area contributed by atoms with Crippen LogP contribution in [0.4, 0.5) is 0 Å². The Morgan fingerprint density at radius 3 is 2.90 bits per heavy atom. The van der Waals surface area contributed by atoms with Gasteiger partial charge in [0.25, 0.3) is 0 Å². The summed E-state index contributed by atoms with van der Waals surface area (Å²) in [4.78, 5) is 5.59. The van der Waals surface area contributed by atoms with Crippen molar-refractivity contribution >= 4 is 0 Å². The molecule has 21 heavy (non-hydrogen) atoms. The molecule has 0 saturated carbocycles. The summed E-state index contributed by atoms with van der Waals surface area (Å²) < 4.78 is 0. The molecule has 4 nitrogen and oxygen atoms in total. The Balaban J connectivity index is 1.88. The first-order valence-electron chi connectivity index (χ1n) is 8.08. The average molecular weight is 284 g/mol. The second-order valence-corrected chi connectivity index (χ2v) is 6.81. The molecule has 0 aromatic heterocycles. The minimum Gasteiger partial charge on any atom is -0.298 e. The van der Waals surface area contributed by atoms with Crippen LogP contribution in [0.1, 0.15) is 55.0 Å². The molecule has 1 aromatic carbocycles. The van der Waals surface area contributed by atoms with Gasteiger partial charge in [-0.1, -0.05) is 31.1 Å². The first-order chi connectivity index (χ1) is 10.2. The van der Waals surface area contributed by atoms with Gasteiger partial charge in [0.2, 0.25) is 0 Å². The highest BCUT2D eigenvalue weighted by Crippen LogP contribution is 2.36. The van der Waals surface area contributed by atoms with E-state index in [1.807, 2.05) is 0 Å². The molecule has 1 aromatic rings. The molecule has 1 aliphatic carbocycles. The largest absolute Gasteiger partial charge is 0.298 e. The quantitative estimate of drug-likeness (QED) is 0.461. The Labute approximate surface area is 126 Å². The van der Waals surface area contributed by atoms with E-state index in [4.69, 9.17) is 5.53 Å². The molecule has 0 N–H and O–H groups in total. The maximum atomic E-state index is 8.75. The van der Waals surface area contributed by atoms with Crippen molar-refractivity contribution in [3.63, 3.8) is 0 Å². The van der Waals surface area contributed by atoms with Crippen LogP contribution in [0.25, 0.3) is 10.4 Å². The summed E-state index contributed by atoms with van der Waals surface area (Å²) in [5.74, 6) is 0.721. The van der Waals surface area contributed by atoms with E-state index in [0.717, 1.165) is 44.7 Å². The maximum Gasteiger partial charge on any atom is 0.0628 e. The van der Waals surface area contributed by atoms with Gasteiger partial charge < -0.3 is 0 Å². The number of azide groups is 1. The lowest BCUT2D eigenvalue weighted by atomic mass is 9.83. The Kier molecular flexibility index (Phi) is 4.18. The van der Waals surface area contributed by atoms with Gasteiger partial charge in [0.05, 0.1) is 6.04 Å². The smallest absolute Gasteiger partial charge is 0.0628 e. The van der Waals surface area contributed by atoms with Crippen LogP contribution in [0.15, 0.2) is 17.2 Å². The fourth-order valence-corrected chi connectivity index (χ4v) is 3.76. The van der Waals surface area contributed by atoms with Crippen molar-refractivity contribution in [1.82, 2.24) is 4.90 Å². The van der Waals surface area contributed by atoms with Crippen LogP contribution >= 0.6 is 0 Å². The van der Waals surface area contributed by atoms with E-state index in [1.165, 1.54) is 28.8 Å². The first kappa shape index (κ1) is 14.4. The van der Waals surface area contributed by atoms with Gasteiger partial charge in [-0.15, -0.1) is 0 Å². The SMILES string of the molecule is CC(C)CN1CCc2cc3c(cc2C1)CCC[C@H]3N=[N+]=[N-]. The summed E-state index contributed by atoms with van der Waals surface area (Å²) in [7, 11) is 0. The van der Waals surface area contributed by atoms with Crippen molar-refractivity contribution < 1.29 is 0 Å². The van der Waals surface area contributed by atoms with Crippen LogP contribution < -0.4 is 0 Å². The molecule has 1 atom stereocenters. The topological polar surface area (TPSA) is 52.0 Å². The number of nitrogens with zero attached hydrogens (tertiary/aromatic N) is 4. The van der Waals surface area contributed by atoms with E-state index in [2.05, 4.69) is 40.9 Å². The summed E-state index contributed by atoms with van der Waals surface area (Å²) in [5.41, 5.74) is 14.4. The minimum atomic E-state index is 0.0535. The summed E-state index contributed by atoms with van der Waals surface area (Å²) in [6.07, 6.45) is 4.38. The minimum absolute atomic E-state index is 0.0535. The molecular weight excluding hydrogens is 260 g/mol. The van der Waals surface area contributed by atoms with Crippen molar-refractivity contribution in [1.29, 1.82) is 0 Å². The van der Waals surface area contributed by atoms with E-state index < -0.39 is 0 Å². The molecule has 0 saturated heterocycles. The van der Waals surface area contributed by atoms with Crippen LogP contribution in [-0.4, -0.2) is 18.0 Å². The van der Waals surface area contributed by atoms with E-state index in [-0.39, 0.29) is 6.04 Å². The number of hydrogen-bond donors (Lipinski definition) is 0. The Hall–Kier alpha value is -1.51. The highest BCUT2D eigenvalue weighted by atomic mass is 15.1. The number of rotatable bonds is 3. The van der Waals surface area contributed by atoms with Crippen LogP contribution in [0.3, 0.4) is 0 Å². The molecule has 1 heterocycles. The Bertz CT molecular complexity index is 572. The Morgan fingerprint density at radius 1 is 1.29 bits per heavy atom. The van der Waals surface area contributed by atoms with Crippen molar-refractivity contribution in [3.8, 4) is 0 Å². The van der Waals surface area contributed by atoms with E-state index >= 15 is 0 Å². The molecule has 0 bridgehead atoms. The molecule has 1 aliphatic heterocycles. The zero-order valence-corrected chi connectivity index (χ0v) is 13.0. The average Bonchev–Trinajstić information content (AvgIpc) is 2.45. The summed E-state index contributed by atoms with van der Waals surface area (Å²) in [5, 5.41) is 4.00. The van der Waals surface area contributed by atoms with E-state index in [1.54, 1.807) is 0 Å². The fourth-order valence-electron chi connectivity index (χ4n) is 3.76. The van der Waals surface area contributed by atoms with Crippen molar-refractivity contribution in [3.05, 3.63) is 44.8 Å². The highest BCUT2D eigenvalue weighted by Gasteiger charge is 2.24. The Morgan fingerprint density at radius 2 is 2.14 bits per heavy atom. The van der Waals surface area contributed by atoms with E-state index in [0.29, 0.717) is 0 Å². The van der Waals surface area contributed by atoms with E-state index in [9.17, 15) is 0 Å². The molecule has 0 radical (unpaired) electrons. The third-order valence-electron chi connectivity index (χ3n) is 4.65. The van der Waals surface area contributed by atoms with Gasteiger partial charge in [-0.2, -0.15) is 0 Å². The predicted octanol–water partition coefficient (Wildman–Crippen LogP) is 4.39. The lowest BCUT2D eigenvalue weighted by Gasteiger charge is -2.32. The summed E-state index contributed by atoms with van der Waals surface area (Å²) in [6.45, 7) is 7.97. The first-order valence-corrected chi connectivity index (χ1v) is 8.08. The van der Waals surface area contributed by atoms with Gasteiger partial charge in [0, 0.05) is 24.5 Å². The summed E-state index contributed by atoms with van der Waals surface area (Å²) in [6, 6.07) is 4.77. The zero-order valence-electron chi connectivity index (χ0n) is 13.0. The second kappa shape index (κ2) is 6.08. The van der Waals surface area contributed by atoms with Gasteiger partial charge in [-0.25, -0.2) is 0 Å². The fraction of sp³-hybridized carbons (Fsp3) is 0.647. The molecule has 0 spiro atoms. The number of aryl methyl sites for hydroxylation is 1. The standard InChI is InChI=1S/C17H24N4/c1-12(2)10-21-7-6-13-9-16-14(8-15(13)11-21)4-3-5-17(16)19-20-18/h8-9,12,17H,3-7,10-11H2,1-2H3/t17-/m1/s1. The van der Waals surface area contributed by atoms with Gasteiger partial charge in [-0.3, -0.25) is 4.90 Å². The predicted molar refractivity (Wildman–Crippen MR) is 85.1 cm³/mol. The molecular formula is C17H24N4. The van der Waals surface area contributed by atoms with Crippen LogP contribution in [-0.2, 0) is 19.4 Å². The lowest BCUT2D eigenvalue weighted by molar-refractivity contribution is 0.226. The maximum absolute atomic E-state index is 8.75. The third-order valence-corrected chi connectivity index (χ3v) is 4.65. The molecule has 4 heteroatoms. The number of benzene rings is 1. The molecule has 0 fully saturated rings. The van der Waals surface area contributed by atoms with Gasteiger partial charge in [-0.05, 0) is 59.4 Å². The highest BCUT2D eigenvalue weighted by molar-refractivity contribution is 5.42. The summed E-state index contributed by atoms with van der Waals surface area (Å²) >= 11 is 0. The van der Waals surface area contributed by atoms with Gasteiger partial charge in [0.15, 0.2) is 0 Å². The second-order valence-electron chi connectivity index (χ2n) is 6.81. The van der Waals surface area contributed by atoms with Crippen molar-refractivity contribution in [2.24, 2.45) is 11.0 Å². The monoisotopic (exact) mass is 284 g/mol.